The lowest BCUT2D eigenvalue weighted by molar-refractivity contribution is 0.601. The van der Waals surface area contributed by atoms with Crippen molar-refractivity contribution in [3.05, 3.63) is 191 Å². The molecule has 284 valence electrons. The van der Waals surface area contributed by atoms with Crippen LogP contribution in [0.25, 0.3) is 0 Å². The number of benzene rings is 4. The zero-order chi connectivity index (χ0) is 37.1. The van der Waals surface area contributed by atoms with Gasteiger partial charge in [0.1, 0.15) is 0 Å². The van der Waals surface area contributed by atoms with E-state index in [-0.39, 0.29) is 0 Å². The Bertz CT molecular complexity index is 1680. The predicted octanol–water partition coefficient (Wildman–Crippen LogP) is 9.89. The highest BCUT2D eigenvalue weighted by atomic mass is 14.9. The number of hydrogen-bond acceptors (Lipinski definition) is 4. The van der Waals surface area contributed by atoms with Crippen molar-refractivity contribution in [3.63, 3.8) is 0 Å². The van der Waals surface area contributed by atoms with Gasteiger partial charge < -0.3 is 21.3 Å². The topological polar surface area (TPSA) is 48.1 Å². The van der Waals surface area contributed by atoms with E-state index in [0.29, 0.717) is 6.04 Å². The summed E-state index contributed by atoms with van der Waals surface area (Å²) in [5.74, 6) is 0. The minimum absolute atomic E-state index is 0.431. The van der Waals surface area contributed by atoms with Crippen molar-refractivity contribution in [2.45, 2.75) is 70.3 Å². The third-order valence-electron chi connectivity index (χ3n) is 10.3. The van der Waals surface area contributed by atoms with E-state index >= 15 is 0 Å². The normalized spacial score (nSPS) is 17.8. The van der Waals surface area contributed by atoms with Gasteiger partial charge in [-0.1, -0.05) is 168 Å². The Kier molecular flexibility index (Phi) is 19.4. The van der Waals surface area contributed by atoms with Crippen LogP contribution in [-0.4, -0.2) is 45.8 Å². The summed E-state index contributed by atoms with van der Waals surface area (Å²) in [7, 11) is 0. The van der Waals surface area contributed by atoms with Gasteiger partial charge in [0, 0.05) is 19.6 Å². The molecule has 54 heavy (non-hydrogen) atoms. The molecule has 1 unspecified atom stereocenters. The first-order valence-electron chi connectivity index (χ1n) is 20.5. The zero-order valence-corrected chi connectivity index (χ0v) is 32.5. The third kappa shape index (κ3) is 16.8. The maximum atomic E-state index is 3.45. The summed E-state index contributed by atoms with van der Waals surface area (Å²) in [5, 5.41) is 13.5. The smallest absolute Gasteiger partial charge is 0.0506 e. The fourth-order valence-electron chi connectivity index (χ4n) is 7.11. The SMILES string of the molecule is C1=C(CCCc2ccccc2)CCNC1.C1=C(CCc2ccccc2)CCNC1.C1=C(Cc2ccccc2)CCNC1.C1=CC(c2ccccc2)NCC1. The van der Waals surface area contributed by atoms with Gasteiger partial charge in [-0.15, -0.1) is 0 Å². The van der Waals surface area contributed by atoms with Gasteiger partial charge in [0.2, 0.25) is 0 Å². The largest absolute Gasteiger partial charge is 0.313 e. The highest BCUT2D eigenvalue weighted by molar-refractivity contribution is 5.25. The fraction of sp³-hybridized carbons (Fsp3) is 0.360. The van der Waals surface area contributed by atoms with Gasteiger partial charge in [-0.25, -0.2) is 0 Å². The molecule has 4 heteroatoms. The molecular weight excluding hydrogens is 657 g/mol. The molecule has 0 aromatic heterocycles. The first-order valence-corrected chi connectivity index (χ1v) is 20.5. The van der Waals surface area contributed by atoms with Crippen molar-refractivity contribution in [2.24, 2.45) is 0 Å². The molecule has 8 rings (SSSR count). The van der Waals surface area contributed by atoms with Crippen LogP contribution in [0.1, 0.15) is 73.2 Å². The molecule has 4 nitrogen and oxygen atoms in total. The van der Waals surface area contributed by atoms with Gasteiger partial charge in [0.05, 0.1) is 6.04 Å². The van der Waals surface area contributed by atoms with Gasteiger partial charge in [-0.2, -0.15) is 0 Å². The van der Waals surface area contributed by atoms with Crippen LogP contribution in [0.4, 0.5) is 0 Å². The van der Waals surface area contributed by atoms with Crippen molar-refractivity contribution in [3.8, 4) is 0 Å². The summed E-state index contributed by atoms with van der Waals surface area (Å²) in [5.41, 5.74) is 10.5. The lowest BCUT2D eigenvalue weighted by atomic mass is 10.0. The van der Waals surface area contributed by atoms with E-state index in [2.05, 4.69) is 173 Å². The summed E-state index contributed by atoms with van der Waals surface area (Å²) in [6, 6.07) is 43.1. The average molecular weight is 721 g/mol. The molecule has 4 aromatic carbocycles. The van der Waals surface area contributed by atoms with Gasteiger partial charge in [0.25, 0.3) is 0 Å². The summed E-state index contributed by atoms with van der Waals surface area (Å²) >= 11 is 0. The Morgan fingerprint density at radius 3 is 1.43 bits per heavy atom. The van der Waals surface area contributed by atoms with E-state index in [1.807, 2.05) is 0 Å². The molecule has 0 bridgehead atoms. The Morgan fingerprint density at radius 1 is 0.444 bits per heavy atom. The van der Waals surface area contributed by atoms with Gasteiger partial charge in [-0.05, 0) is 113 Å². The molecule has 0 fully saturated rings. The molecule has 0 amide bonds. The molecule has 0 radical (unpaired) electrons. The fourth-order valence-corrected chi connectivity index (χ4v) is 7.11. The van der Waals surface area contributed by atoms with Crippen LogP contribution in [0.2, 0.25) is 0 Å². The second-order valence-electron chi connectivity index (χ2n) is 14.5. The van der Waals surface area contributed by atoms with Crippen LogP contribution in [0.5, 0.6) is 0 Å². The maximum absolute atomic E-state index is 3.45. The highest BCUT2D eigenvalue weighted by Gasteiger charge is 2.08. The van der Waals surface area contributed by atoms with Crippen LogP contribution < -0.4 is 21.3 Å². The quantitative estimate of drug-likeness (QED) is 0.123. The Balaban J connectivity index is 0.000000139. The van der Waals surface area contributed by atoms with Crippen molar-refractivity contribution in [1.82, 2.24) is 21.3 Å². The molecule has 1 atom stereocenters. The number of aryl methyl sites for hydroxylation is 2. The van der Waals surface area contributed by atoms with E-state index in [0.717, 1.165) is 58.7 Å². The van der Waals surface area contributed by atoms with Crippen molar-refractivity contribution >= 4 is 0 Å². The van der Waals surface area contributed by atoms with Gasteiger partial charge in [-0.3, -0.25) is 0 Å². The van der Waals surface area contributed by atoms with Crippen LogP contribution >= 0.6 is 0 Å². The minimum Gasteiger partial charge on any atom is -0.313 e. The Morgan fingerprint density at radius 2 is 0.926 bits per heavy atom. The standard InChI is InChI=1S/C14H19N.C13H17N.C12H15N.C11H13N/c1-2-5-13(6-3-1)7-4-8-14-9-11-15-12-10-14;1-2-4-12(5-3-1)6-7-13-8-10-14-11-9-13;1-2-4-11(5-3-1)10-12-6-8-13-9-7-12;1-2-6-10(7-3-1)11-8-4-5-9-12-11/h1-3,5-6,9,15H,4,7-8,10-12H2;1-5,8,14H,6-7,9-11H2;1-6,13H,7-10H2;1-4,6-8,11-12H,5,9H2. The second kappa shape index (κ2) is 25.7. The van der Waals surface area contributed by atoms with E-state index in [9.17, 15) is 0 Å². The van der Waals surface area contributed by atoms with Crippen LogP contribution in [0.3, 0.4) is 0 Å². The number of nitrogens with one attached hydrogen (secondary N) is 4. The molecule has 0 saturated heterocycles. The third-order valence-corrected chi connectivity index (χ3v) is 10.3. The zero-order valence-electron chi connectivity index (χ0n) is 32.5. The average Bonchev–Trinajstić information content (AvgIpc) is 3.27. The molecular formula is C50H64N4. The molecule has 4 aromatic rings. The van der Waals surface area contributed by atoms with Gasteiger partial charge >= 0.3 is 0 Å². The highest BCUT2D eigenvalue weighted by Crippen LogP contribution is 2.17. The van der Waals surface area contributed by atoms with Crippen LogP contribution in [-0.2, 0) is 19.3 Å². The second-order valence-corrected chi connectivity index (χ2v) is 14.5. The molecule has 0 aliphatic carbocycles. The number of rotatable bonds is 10. The summed E-state index contributed by atoms with van der Waals surface area (Å²) < 4.78 is 0. The summed E-state index contributed by atoms with van der Waals surface area (Å²) in [6.07, 6.45) is 23.6. The molecule has 4 aliphatic heterocycles. The van der Waals surface area contributed by atoms with Crippen LogP contribution in [0, 0.1) is 0 Å². The van der Waals surface area contributed by atoms with E-state index in [1.54, 1.807) is 16.7 Å². The van der Waals surface area contributed by atoms with Gasteiger partial charge in [0.15, 0.2) is 0 Å². The summed E-state index contributed by atoms with van der Waals surface area (Å²) in [6.45, 7) is 7.72. The minimum atomic E-state index is 0.431. The van der Waals surface area contributed by atoms with Crippen molar-refractivity contribution < 1.29 is 0 Å². The number of hydrogen-bond donors (Lipinski definition) is 4. The molecule has 0 saturated carbocycles. The monoisotopic (exact) mass is 721 g/mol. The van der Waals surface area contributed by atoms with E-state index in [4.69, 9.17) is 0 Å². The predicted molar refractivity (Wildman–Crippen MR) is 232 cm³/mol. The Labute approximate surface area is 327 Å². The first kappa shape index (κ1) is 40.9. The van der Waals surface area contributed by atoms with E-state index < -0.39 is 0 Å². The maximum Gasteiger partial charge on any atom is 0.0506 e. The lowest BCUT2D eigenvalue weighted by Crippen LogP contribution is -2.23. The van der Waals surface area contributed by atoms with Crippen molar-refractivity contribution in [2.75, 3.05) is 45.8 Å². The lowest BCUT2D eigenvalue weighted by Gasteiger charge is -2.18. The Hall–Kier alpha value is -4.32. The first-order chi connectivity index (χ1) is 26.8. The molecule has 4 N–H and O–H groups in total. The molecule has 4 aliphatic rings. The summed E-state index contributed by atoms with van der Waals surface area (Å²) in [4.78, 5) is 0. The van der Waals surface area contributed by atoms with Crippen molar-refractivity contribution in [1.29, 1.82) is 0 Å². The molecule has 4 heterocycles. The van der Waals surface area contributed by atoms with Crippen LogP contribution in [0.15, 0.2) is 168 Å². The molecule has 0 spiro atoms. The van der Waals surface area contributed by atoms with E-state index in [1.165, 1.54) is 73.6 Å².